The van der Waals surface area contributed by atoms with Crippen molar-refractivity contribution in [1.29, 1.82) is 0 Å². The summed E-state index contributed by atoms with van der Waals surface area (Å²) in [5.74, 6) is 0. The maximum absolute atomic E-state index is 0. The molecular formula is Ag73Cu4In5Sn17Zn. The molecule has 0 aromatic carbocycles. The molecule has 0 aromatic rings. The Morgan fingerprint density at radius 2 is 0.0500 bits per heavy atom. The Kier molecular flexibility index (Phi) is 8780. The van der Waals surface area contributed by atoms with Gasteiger partial charge < -0.3 is 0 Å². The molecule has 100 heavy (non-hydrogen) atoms. The second kappa shape index (κ2) is 929. The summed E-state index contributed by atoms with van der Waals surface area (Å²) in [5, 5.41) is 0. The van der Waals surface area contributed by atoms with Crippen LogP contribution in [0, 0.1) is 0 Å². The van der Waals surface area contributed by atoms with Crippen molar-refractivity contribution in [1.82, 2.24) is 0 Å². The van der Waals surface area contributed by atoms with E-state index in [9.17, 15) is 0 Å². The van der Waals surface area contributed by atoms with Crippen LogP contribution in [0.15, 0.2) is 0 Å². The molecule has 932 valence electrons. The average molecular weight is 10800 g/mol. The Balaban J connectivity index is 0. The van der Waals surface area contributed by atoms with Crippen molar-refractivity contribution in [3.63, 3.8) is 0 Å². The summed E-state index contributed by atoms with van der Waals surface area (Å²) >= 11 is 0. The molecule has 0 saturated carbocycles. The topological polar surface area (TPSA) is 0 Å². The molecule has 0 nitrogen and oxygen atoms in total. The van der Waals surface area contributed by atoms with Crippen LogP contribution >= 0.6 is 0 Å². The normalized spacial score (nSPS) is 0. The van der Waals surface area contributed by atoms with E-state index in [0.717, 1.165) is 0 Å². The van der Waals surface area contributed by atoms with E-state index in [4.69, 9.17) is 0 Å². The van der Waals surface area contributed by atoms with Gasteiger partial charge in [0, 0.05) is 2260 Å². The van der Waals surface area contributed by atoms with Crippen molar-refractivity contribution in [3.8, 4) is 0 Å². The molecule has 0 bridgehead atoms. The van der Waals surface area contributed by atoms with E-state index in [-0.39, 0.29) is 2260 Å². The Morgan fingerprint density at radius 1 is 0.0500 bits per heavy atom. The van der Waals surface area contributed by atoms with Crippen molar-refractivity contribution in [2.45, 2.75) is 0 Å². The molecule has 0 spiro atoms. The fraction of sp³-hybridized carbons (Fsp3) is 0. The fourth-order valence-corrected chi connectivity index (χ4v) is 0. The molecule has 100 heteroatoms. The van der Waals surface area contributed by atoms with Crippen LogP contribution < -0.4 is 0 Å². The van der Waals surface area contributed by atoms with Crippen molar-refractivity contribution in [2.75, 3.05) is 0 Å². The van der Waals surface area contributed by atoms with E-state index < -0.39 is 0 Å². The van der Waals surface area contributed by atoms with E-state index >= 15 is 0 Å². The van der Waals surface area contributed by atoms with Gasteiger partial charge in [-0.2, -0.15) is 0 Å². The molecule has 0 aliphatic rings. The van der Waals surface area contributed by atoms with Gasteiger partial charge in [-0.3, -0.25) is 0 Å². The Morgan fingerprint density at radius 3 is 0.0500 bits per heavy atom. The Bertz CT molecular complexity index is 123. The fourth-order valence-electron chi connectivity index (χ4n) is 0. The van der Waals surface area contributed by atoms with Gasteiger partial charge in [-0.05, 0) is 0 Å². The van der Waals surface area contributed by atoms with Gasteiger partial charge in [0.15, 0.2) is 0 Å². The van der Waals surface area contributed by atoms with Crippen LogP contribution in [0.4, 0.5) is 0 Å². The minimum absolute atomic E-state index is 0. The van der Waals surface area contributed by atoms with Gasteiger partial charge in [0.2, 0.25) is 0 Å². The standard InChI is InChI=1S/73Ag.4Cu.5In.17Sn.Zn. The largest absolute Gasteiger partial charge is 0 e. The van der Waals surface area contributed by atoms with Gasteiger partial charge in [0.1, 0.15) is 0 Å². The van der Waals surface area contributed by atoms with Crippen molar-refractivity contribution >= 4 is 536 Å². The molecule has 0 aliphatic carbocycles. The van der Waals surface area contributed by atoms with Gasteiger partial charge in [-0.1, -0.05) is 0 Å². The summed E-state index contributed by atoms with van der Waals surface area (Å²) < 4.78 is 0. The predicted octanol–water partition coefficient (Wildman–Crippen LogP) is -8.57. The summed E-state index contributed by atoms with van der Waals surface area (Å²) in [6.07, 6.45) is 0. The van der Waals surface area contributed by atoms with Crippen LogP contribution in [0.25, 0.3) is 0 Å². The Hall–Kier alpha value is 74.7. The van der Waals surface area contributed by atoms with Crippen molar-refractivity contribution in [2.24, 2.45) is 0 Å². The van der Waals surface area contributed by atoms with Gasteiger partial charge in [0.05, 0.1) is 0 Å². The molecule has 0 aromatic heterocycles. The summed E-state index contributed by atoms with van der Waals surface area (Å²) in [6.45, 7) is 0. The molecular weight excluding hydrogens is 10800 g/mol. The van der Waals surface area contributed by atoms with Gasteiger partial charge >= 0.3 is 0 Å². The van der Waals surface area contributed by atoms with Crippen LogP contribution in [0.5, 0.6) is 0 Å². The third-order valence-corrected chi connectivity index (χ3v) is 0. The summed E-state index contributed by atoms with van der Waals surface area (Å²) in [7, 11) is 0. The van der Waals surface area contributed by atoms with Gasteiger partial charge in [-0.25, -0.2) is 0 Å². The SMILES string of the molecule is [Ag].[Ag].[Ag].[Ag].[Ag].[Ag].[Ag].[Ag].[Ag].[Ag].[Ag].[Ag].[Ag].[Ag].[Ag].[Ag].[Ag].[Ag].[Ag].[Ag].[Ag].[Ag].[Ag].[Ag].[Ag].[Ag].[Ag].[Ag].[Ag].[Ag].[Ag].[Ag].[Ag].[Ag].[Ag].[Ag].[Ag].[Ag].[Ag].[Ag].[Ag].[Ag].[Ag].[Ag].[Ag].[Ag].[Ag].[Ag].[Ag].[Ag].[Ag].[Ag].[Ag].[Ag].[Ag].[Ag].[Ag].[Ag].[Ag].[Ag].[Ag].[Ag].[Ag].[Ag].[Ag].[Ag].[Ag].[Ag].[Ag].[Ag].[Ag].[Ag].[Ag].[Cu].[Cu].[Cu].[Cu].[In].[In].[In].[In].[In].[Sn].[Sn].[Sn].[Sn].[Sn].[Sn].[Sn].[Sn].[Sn].[Sn].[Sn].[Sn].[Sn].[Sn].[Sn].[Sn].[Sn].[Zn]. The van der Waals surface area contributed by atoms with E-state index in [0.29, 0.717) is 0 Å². The zero-order valence-electron chi connectivity index (χ0n) is 35.3. The maximum atomic E-state index is 0. The molecule has 0 N–H and O–H groups in total. The zero-order chi connectivity index (χ0) is 0. The van der Waals surface area contributed by atoms with Gasteiger partial charge in [-0.15, -0.1) is 0 Å². The van der Waals surface area contributed by atoms with Crippen LogP contribution in [-0.2, 0) is 1720 Å². The number of hydrogen-bond donors (Lipinski definition) is 0. The monoisotopic (exact) mass is 10700 g/mol. The van der Waals surface area contributed by atoms with Crippen LogP contribution in [0.2, 0.25) is 0 Å². The Labute approximate surface area is 2180 Å². The minimum Gasteiger partial charge on any atom is 0 e. The van der Waals surface area contributed by atoms with E-state index in [1.54, 1.807) is 0 Å². The number of rotatable bonds is 0. The van der Waals surface area contributed by atoms with Gasteiger partial charge in [0.25, 0.3) is 0 Å². The molecule has 0 unspecified atom stereocenters. The third kappa shape index (κ3) is 913. The second-order valence-electron chi connectivity index (χ2n) is 0. The summed E-state index contributed by atoms with van der Waals surface area (Å²) in [4.78, 5) is 0. The molecule has 0 saturated heterocycles. The first-order chi connectivity index (χ1) is 0. The van der Waals surface area contributed by atoms with Crippen molar-refractivity contribution in [3.05, 3.63) is 0 Å². The predicted molar refractivity (Wildman–Crippen MR) is 127 cm³/mol. The smallest absolute Gasteiger partial charge is 0 e. The molecule has 0 atom stereocenters. The number of hydrogen-bond acceptors (Lipinski definition) is 0. The maximum Gasteiger partial charge on any atom is 0 e. The quantitative estimate of drug-likeness (QED) is 0.212. The zero-order valence-corrected chi connectivity index (χ0v) is 215. The summed E-state index contributed by atoms with van der Waals surface area (Å²) in [5.41, 5.74) is 0. The molecule has 0 heterocycles. The van der Waals surface area contributed by atoms with E-state index in [1.807, 2.05) is 0 Å². The van der Waals surface area contributed by atoms with Crippen LogP contribution in [-0.4, -0.2) is 536 Å². The summed E-state index contributed by atoms with van der Waals surface area (Å²) in [6, 6.07) is 0. The minimum atomic E-state index is 0. The van der Waals surface area contributed by atoms with Crippen LogP contribution in [0.3, 0.4) is 0 Å². The first kappa shape index (κ1) is 945. The second-order valence-corrected chi connectivity index (χ2v) is 0. The van der Waals surface area contributed by atoms with Crippen molar-refractivity contribution < 1.29 is 1720 Å². The average Bonchev–Trinajstić information content (AvgIpc) is 0. The molecule has 0 amide bonds. The third-order valence-electron chi connectivity index (χ3n) is 0. The van der Waals surface area contributed by atoms with E-state index in [1.165, 1.54) is 0 Å². The first-order valence-electron chi connectivity index (χ1n) is 0. The molecule has 160 radical (unpaired) electrons. The molecule has 0 aliphatic heterocycles. The first-order valence-corrected chi connectivity index (χ1v) is 0. The van der Waals surface area contributed by atoms with E-state index in [2.05, 4.69) is 0 Å². The molecule has 0 fully saturated rings. The van der Waals surface area contributed by atoms with Crippen LogP contribution in [0.1, 0.15) is 0 Å². The molecule has 0 rings (SSSR count).